The number of para-hydroxylation sites is 1. The van der Waals surface area contributed by atoms with Crippen molar-refractivity contribution in [3.63, 3.8) is 0 Å². The van der Waals surface area contributed by atoms with Crippen LogP contribution in [0.4, 0.5) is 14.5 Å². The molecule has 0 amide bonds. The van der Waals surface area contributed by atoms with E-state index in [4.69, 9.17) is 4.74 Å². The molecule has 0 bridgehead atoms. The Kier molecular flexibility index (Phi) is 4.55. The minimum absolute atomic E-state index is 0.0187. The summed E-state index contributed by atoms with van der Waals surface area (Å²) in [5, 5.41) is 21.0. The number of halogens is 2. The van der Waals surface area contributed by atoms with Crippen LogP contribution in [-0.4, -0.2) is 27.1 Å². The smallest absolute Gasteiger partial charge is 0.427 e. The molecule has 2 aromatic carbocycles. The van der Waals surface area contributed by atoms with Gasteiger partial charge in [-0.15, -0.1) is 0 Å². The maximum Gasteiger partial charge on any atom is 0.444 e. The van der Waals surface area contributed by atoms with Crippen molar-refractivity contribution in [3.8, 4) is 5.75 Å². The molecule has 1 aliphatic heterocycles. The van der Waals surface area contributed by atoms with E-state index in [2.05, 4.69) is 0 Å². The highest BCUT2D eigenvalue weighted by Gasteiger charge is 2.50. The van der Waals surface area contributed by atoms with Crippen LogP contribution in [0.3, 0.4) is 0 Å². The molecule has 0 spiro atoms. The zero-order chi connectivity index (χ0) is 20.9. The second kappa shape index (κ2) is 6.82. The highest BCUT2D eigenvalue weighted by atomic mass is 19.3. The summed E-state index contributed by atoms with van der Waals surface area (Å²) in [5.74, 6) is -0.152. The van der Waals surface area contributed by atoms with Gasteiger partial charge in [0.15, 0.2) is 5.75 Å². The number of pyridine rings is 1. The van der Waals surface area contributed by atoms with E-state index < -0.39 is 18.4 Å². The van der Waals surface area contributed by atoms with Gasteiger partial charge in [-0.25, -0.2) is 0 Å². The number of aliphatic hydroxyl groups excluding tert-OH is 2. The Labute approximate surface area is 165 Å². The van der Waals surface area contributed by atoms with Crippen LogP contribution in [0.25, 0.3) is 10.9 Å². The second-order valence-electron chi connectivity index (χ2n) is 7.16. The lowest BCUT2D eigenvalue weighted by molar-refractivity contribution is -0.246. The van der Waals surface area contributed by atoms with E-state index in [1.54, 1.807) is 43.4 Å². The number of nitrogens with zero attached hydrogens (tertiary/aromatic N) is 2. The predicted octanol–water partition coefficient (Wildman–Crippen LogP) is 2.90. The first-order valence-electron chi connectivity index (χ1n) is 9.10. The number of hydrogen-bond donors (Lipinski definition) is 2. The van der Waals surface area contributed by atoms with Gasteiger partial charge in [0.25, 0.3) is 5.56 Å². The third kappa shape index (κ3) is 3.24. The Morgan fingerprint density at radius 1 is 1.21 bits per heavy atom. The lowest BCUT2D eigenvalue weighted by Crippen LogP contribution is -2.54. The molecule has 1 aromatic heterocycles. The molecule has 2 atom stereocenters. The Balaban J connectivity index is 1.79. The zero-order valence-corrected chi connectivity index (χ0v) is 15.8. The van der Waals surface area contributed by atoms with Crippen molar-refractivity contribution < 1.29 is 23.7 Å². The summed E-state index contributed by atoms with van der Waals surface area (Å²) in [6.45, 7) is 1.44. The summed E-state index contributed by atoms with van der Waals surface area (Å²) in [6.07, 6.45) is -7.06. The highest BCUT2D eigenvalue weighted by Crippen LogP contribution is 2.45. The third-order valence-electron chi connectivity index (χ3n) is 5.16. The second-order valence-corrected chi connectivity index (χ2v) is 7.16. The molecule has 4 rings (SSSR count). The molecule has 0 saturated heterocycles. The van der Waals surface area contributed by atoms with Gasteiger partial charge in [-0.3, -0.25) is 4.79 Å². The minimum atomic E-state index is -3.85. The maximum atomic E-state index is 14.4. The quantitative estimate of drug-likeness (QED) is 0.705. The standard InChI is InChI=1S/C21H20F2N2O4/c1-12(26)15-4-3-5-17-19(15)29-21(22,23)20(28)25(17)11-13-6-8-16-14(10-13)7-9-18(27)24(16)2/h3-10,12,20,26,28H,11H2,1-2H3. The van der Waals surface area contributed by atoms with Gasteiger partial charge in [-0.1, -0.05) is 18.2 Å². The van der Waals surface area contributed by atoms with Gasteiger partial charge in [0.2, 0.25) is 6.23 Å². The van der Waals surface area contributed by atoms with E-state index in [1.165, 1.54) is 23.6 Å². The zero-order valence-electron chi connectivity index (χ0n) is 15.8. The molecule has 2 heterocycles. The topological polar surface area (TPSA) is 74.9 Å². The van der Waals surface area contributed by atoms with Crippen molar-refractivity contribution in [2.45, 2.75) is 31.9 Å². The summed E-state index contributed by atoms with van der Waals surface area (Å²) in [4.78, 5) is 12.9. The highest BCUT2D eigenvalue weighted by molar-refractivity contribution is 5.79. The molecule has 0 aliphatic carbocycles. The largest absolute Gasteiger partial charge is 0.444 e. The Morgan fingerprint density at radius 3 is 2.69 bits per heavy atom. The van der Waals surface area contributed by atoms with Crippen LogP contribution in [-0.2, 0) is 13.6 Å². The summed E-state index contributed by atoms with van der Waals surface area (Å²) in [5.41, 5.74) is 1.72. The molecule has 2 unspecified atom stereocenters. The molecule has 0 fully saturated rings. The SMILES string of the molecule is CC(O)c1cccc2c1OC(F)(F)C(O)N2Cc1ccc2c(ccc(=O)n2C)c1. The molecule has 0 radical (unpaired) electrons. The van der Waals surface area contributed by atoms with Crippen LogP contribution in [0.5, 0.6) is 5.75 Å². The van der Waals surface area contributed by atoms with E-state index in [0.717, 1.165) is 10.3 Å². The molecule has 2 N–H and O–H groups in total. The summed E-state index contributed by atoms with van der Waals surface area (Å²) in [6, 6.07) is 13.0. The fourth-order valence-electron chi connectivity index (χ4n) is 3.61. The van der Waals surface area contributed by atoms with E-state index in [1.807, 2.05) is 0 Å². The van der Waals surface area contributed by atoms with Crippen molar-refractivity contribution in [2.24, 2.45) is 7.05 Å². The molecule has 3 aromatic rings. The van der Waals surface area contributed by atoms with E-state index in [9.17, 15) is 23.8 Å². The summed E-state index contributed by atoms with van der Waals surface area (Å²) >= 11 is 0. The maximum absolute atomic E-state index is 14.4. The molecule has 8 heteroatoms. The van der Waals surface area contributed by atoms with Gasteiger partial charge in [-0.2, -0.15) is 8.78 Å². The fraction of sp³-hybridized carbons (Fsp3) is 0.286. The first-order chi connectivity index (χ1) is 13.7. The normalized spacial score (nSPS) is 19.0. The number of hydrogen-bond acceptors (Lipinski definition) is 5. The number of alkyl halides is 2. The summed E-state index contributed by atoms with van der Waals surface area (Å²) in [7, 11) is 1.66. The number of ether oxygens (including phenoxy) is 1. The Hall–Kier alpha value is -2.97. The molecule has 6 nitrogen and oxygen atoms in total. The van der Waals surface area contributed by atoms with Gasteiger partial charge in [0.05, 0.1) is 17.3 Å². The van der Waals surface area contributed by atoms with E-state index >= 15 is 0 Å². The molecule has 1 aliphatic rings. The molecular weight excluding hydrogens is 382 g/mol. The molecule has 29 heavy (non-hydrogen) atoms. The van der Waals surface area contributed by atoms with Crippen LogP contribution < -0.4 is 15.2 Å². The van der Waals surface area contributed by atoms with Crippen LogP contribution in [0, 0.1) is 0 Å². The van der Waals surface area contributed by atoms with Gasteiger partial charge in [0.1, 0.15) is 0 Å². The number of benzene rings is 2. The van der Waals surface area contributed by atoms with Gasteiger partial charge < -0.3 is 24.4 Å². The van der Waals surface area contributed by atoms with Crippen molar-refractivity contribution in [3.05, 3.63) is 70.0 Å². The predicted molar refractivity (Wildman–Crippen MR) is 104 cm³/mol. The molecular formula is C21H20F2N2O4. The lowest BCUT2D eigenvalue weighted by atomic mass is 10.0. The van der Waals surface area contributed by atoms with E-state index in [0.29, 0.717) is 11.1 Å². The van der Waals surface area contributed by atoms with Gasteiger partial charge in [-0.05, 0) is 42.1 Å². The van der Waals surface area contributed by atoms with Crippen molar-refractivity contribution in [2.75, 3.05) is 4.90 Å². The van der Waals surface area contributed by atoms with Crippen LogP contribution >= 0.6 is 0 Å². The monoisotopic (exact) mass is 402 g/mol. The number of fused-ring (bicyclic) bond motifs is 2. The van der Waals surface area contributed by atoms with Crippen molar-refractivity contribution in [1.82, 2.24) is 4.57 Å². The van der Waals surface area contributed by atoms with Crippen LogP contribution in [0.2, 0.25) is 0 Å². The first-order valence-corrected chi connectivity index (χ1v) is 9.10. The average Bonchev–Trinajstić information content (AvgIpc) is 2.67. The fourth-order valence-corrected chi connectivity index (χ4v) is 3.61. The third-order valence-corrected chi connectivity index (χ3v) is 5.16. The van der Waals surface area contributed by atoms with E-state index in [-0.39, 0.29) is 29.1 Å². The number of aliphatic hydroxyl groups is 2. The average molecular weight is 402 g/mol. The van der Waals surface area contributed by atoms with Crippen LogP contribution in [0.15, 0.2) is 53.3 Å². The number of rotatable bonds is 3. The van der Waals surface area contributed by atoms with Gasteiger partial charge in [0, 0.05) is 25.2 Å². The van der Waals surface area contributed by atoms with Crippen LogP contribution in [0.1, 0.15) is 24.2 Å². The summed E-state index contributed by atoms with van der Waals surface area (Å²) < 4.78 is 35.0. The number of aromatic nitrogens is 1. The Bertz CT molecular complexity index is 1140. The Morgan fingerprint density at radius 2 is 1.97 bits per heavy atom. The van der Waals surface area contributed by atoms with Crippen molar-refractivity contribution >= 4 is 16.6 Å². The van der Waals surface area contributed by atoms with Crippen molar-refractivity contribution in [1.29, 1.82) is 0 Å². The lowest BCUT2D eigenvalue weighted by Gasteiger charge is -2.40. The first kappa shape index (κ1) is 19.4. The molecule has 0 saturated carbocycles. The van der Waals surface area contributed by atoms with Gasteiger partial charge >= 0.3 is 6.11 Å². The minimum Gasteiger partial charge on any atom is -0.427 e. The number of anilines is 1. The number of aryl methyl sites for hydroxylation is 1. The molecule has 152 valence electrons.